The van der Waals surface area contributed by atoms with E-state index in [2.05, 4.69) is 57.8 Å². The number of fused-ring (bicyclic) bond motifs is 1. The molecule has 0 aliphatic heterocycles. The molecule has 1 aliphatic rings. The SMILES string of the molecule is Cc1nc(F)ccc1C(Nc1cc(Cl)c2ncc(C#N)c(NCC(C)(C)C)c2c1)c1cn(C2(C(F)(F)F)CC2)nn1. The zero-order chi connectivity index (χ0) is 29.7. The summed E-state index contributed by atoms with van der Waals surface area (Å²) >= 11 is 6.64. The van der Waals surface area contributed by atoms with Crippen molar-refractivity contribution in [3.05, 3.63) is 70.1 Å². The molecule has 1 aromatic carbocycles. The van der Waals surface area contributed by atoms with Crippen LogP contribution < -0.4 is 10.6 Å². The number of nitrogens with one attached hydrogen (secondary N) is 2. The summed E-state index contributed by atoms with van der Waals surface area (Å²) in [5, 5.41) is 25.2. The standard InChI is InChI=1S/C28H27ClF4N8/c1-15-18(5-6-22(30)37-15)25(21-13-41(40-39-21)27(7-8-27)28(31,32)33)38-17-9-19-23(36-14-26(2,3)4)16(11-34)12-35-24(19)20(29)10-17/h5-6,9-10,12-13,25,38H,7-8,14H2,1-4H3,(H,35,36). The molecule has 1 atom stereocenters. The van der Waals surface area contributed by atoms with E-state index in [1.165, 1.54) is 24.5 Å². The Morgan fingerprint density at radius 3 is 2.54 bits per heavy atom. The molecule has 0 spiro atoms. The number of hydrogen-bond acceptors (Lipinski definition) is 7. The van der Waals surface area contributed by atoms with E-state index >= 15 is 0 Å². The fourth-order valence-corrected chi connectivity index (χ4v) is 4.94. The number of aromatic nitrogens is 5. The van der Waals surface area contributed by atoms with E-state index in [1.807, 2.05) is 0 Å². The number of benzene rings is 1. The monoisotopic (exact) mass is 586 g/mol. The predicted octanol–water partition coefficient (Wildman–Crippen LogP) is 6.90. The van der Waals surface area contributed by atoms with Gasteiger partial charge < -0.3 is 10.6 Å². The van der Waals surface area contributed by atoms with Gasteiger partial charge in [-0.05, 0) is 43.4 Å². The first kappa shape index (κ1) is 28.5. The smallest absolute Gasteiger partial charge is 0.383 e. The number of pyridine rings is 2. The molecular formula is C28H27ClF4N8. The first-order valence-corrected chi connectivity index (χ1v) is 13.3. The molecule has 214 valence electrons. The van der Waals surface area contributed by atoms with E-state index in [-0.39, 0.29) is 24.0 Å². The summed E-state index contributed by atoms with van der Waals surface area (Å²) in [6, 6.07) is 7.35. The highest BCUT2D eigenvalue weighted by atomic mass is 35.5. The van der Waals surface area contributed by atoms with Gasteiger partial charge >= 0.3 is 6.18 Å². The second kappa shape index (κ2) is 10.1. The Balaban J connectivity index is 1.61. The lowest BCUT2D eigenvalue weighted by molar-refractivity contribution is -0.182. The minimum Gasteiger partial charge on any atom is -0.383 e. The highest BCUT2D eigenvalue weighted by Gasteiger charge is 2.66. The molecule has 8 nitrogen and oxygen atoms in total. The summed E-state index contributed by atoms with van der Waals surface area (Å²) in [6.45, 7) is 8.31. The predicted molar refractivity (Wildman–Crippen MR) is 147 cm³/mol. The van der Waals surface area contributed by atoms with Crippen LogP contribution in [0.25, 0.3) is 10.9 Å². The average molecular weight is 587 g/mol. The van der Waals surface area contributed by atoms with Gasteiger partial charge in [0.05, 0.1) is 34.0 Å². The number of hydrogen-bond donors (Lipinski definition) is 2. The highest BCUT2D eigenvalue weighted by molar-refractivity contribution is 6.35. The molecule has 41 heavy (non-hydrogen) atoms. The lowest BCUT2D eigenvalue weighted by atomic mass is 9.96. The summed E-state index contributed by atoms with van der Waals surface area (Å²) in [5.74, 6) is -0.693. The molecule has 3 aromatic heterocycles. The van der Waals surface area contributed by atoms with Gasteiger partial charge in [-0.15, -0.1) is 5.10 Å². The number of halogens is 5. The Morgan fingerprint density at radius 2 is 1.93 bits per heavy atom. The van der Waals surface area contributed by atoms with Crippen LogP contribution in [-0.4, -0.2) is 37.7 Å². The molecule has 0 bridgehead atoms. The summed E-state index contributed by atoms with van der Waals surface area (Å²) in [4.78, 5) is 8.27. The molecule has 1 fully saturated rings. The van der Waals surface area contributed by atoms with Crippen molar-refractivity contribution < 1.29 is 17.6 Å². The van der Waals surface area contributed by atoms with E-state index in [4.69, 9.17) is 11.6 Å². The Hall–Kier alpha value is -3.98. The van der Waals surface area contributed by atoms with Crippen LogP contribution >= 0.6 is 11.6 Å². The normalized spacial score (nSPS) is 15.4. The summed E-state index contributed by atoms with van der Waals surface area (Å²) < 4.78 is 56.1. The van der Waals surface area contributed by atoms with Crippen LogP contribution in [0, 0.1) is 29.6 Å². The molecule has 1 saturated carbocycles. The maximum absolute atomic E-state index is 13.9. The lowest BCUT2D eigenvalue weighted by Gasteiger charge is -2.23. The molecule has 4 aromatic rings. The Morgan fingerprint density at radius 1 is 1.20 bits per heavy atom. The topological polar surface area (TPSA) is 104 Å². The third-order valence-corrected chi connectivity index (χ3v) is 7.34. The highest BCUT2D eigenvalue weighted by Crippen LogP contribution is 2.55. The summed E-state index contributed by atoms with van der Waals surface area (Å²) in [6.07, 6.45) is -1.95. The van der Waals surface area contributed by atoms with Gasteiger partial charge in [0.15, 0.2) is 5.54 Å². The van der Waals surface area contributed by atoms with Gasteiger partial charge in [-0.25, -0.2) is 9.67 Å². The third-order valence-electron chi connectivity index (χ3n) is 7.05. The van der Waals surface area contributed by atoms with Crippen molar-refractivity contribution in [1.29, 1.82) is 5.26 Å². The zero-order valence-corrected chi connectivity index (χ0v) is 23.5. The minimum atomic E-state index is -4.48. The number of alkyl halides is 3. The van der Waals surface area contributed by atoms with E-state index in [0.29, 0.717) is 50.7 Å². The van der Waals surface area contributed by atoms with Crippen LogP contribution in [0.1, 0.15) is 62.2 Å². The van der Waals surface area contributed by atoms with Gasteiger partial charge in [0, 0.05) is 35.1 Å². The van der Waals surface area contributed by atoms with Crippen molar-refractivity contribution in [2.24, 2.45) is 5.41 Å². The number of rotatable bonds is 7. The van der Waals surface area contributed by atoms with E-state index in [9.17, 15) is 22.8 Å². The average Bonchev–Trinajstić information content (AvgIpc) is 3.57. The third kappa shape index (κ3) is 5.51. The fourth-order valence-electron chi connectivity index (χ4n) is 4.67. The van der Waals surface area contributed by atoms with Gasteiger partial charge in [0.25, 0.3) is 0 Å². The number of anilines is 2. The maximum atomic E-state index is 13.9. The van der Waals surface area contributed by atoms with Gasteiger partial charge in [0.1, 0.15) is 11.8 Å². The number of nitrogens with zero attached hydrogens (tertiary/aromatic N) is 6. The van der Waals surface area contributed by atoms with Gasteiger partial charge in [-0.1, -0.05) is 43.7 Å². The molecule has 5 rings (SSSR count). The molecule has 13 heteroatoms. The van der Waals surface area contributed by atoms with Crippen molar-refractivity contribution >= 4 is 33.9 Å². The van der Waals surface area contributed by atoms with Crippen LogP contribution in [0.5, 0.6) is 0 Å². The van der Waals surface area contributed by atoms with Gasteiger partial charge in [0.2, 0.25) is 5.95 Å². The molecule has 1 aliphatic carbocycles. The molecule has 1 unspecified atom stereocenters. The van der Waals surface area contributed by atoms with Crippen LogP contribution in [0.2, 0.25) is 5.02 Å². The Bertz CT molecular complexity index is 1660. The second-order valence-electron chi connectivity index (χ2n) is 11.4. The molecule has 3 heterocycles. The lowest BCUT2D eigenvalue weighted by Crippen LogP contribution is -2.35. The van der Waals surface area contributed by atoms with Crippen LogP contribution in [0.15, 0.2) is 36.7 Å². The largest absolute Gasteiger partial charge is 0.413 e. The van der Waals surface area contributed by atoms with Crippen molar-refractivity contribution in [3.8, 4) is 6.07 Å². The quantitative estimate of drug-likeness (QED) is 0.179. The van der Waals surface area contributed by atoms with E-state index in [0.717, 1.165) is 4.68 Å². The fraction of sp³-hybridized carbons (Fsp3) is 0.393. The first-order valence-electron chi connectivity index (χ1n) is 12.9. The second-order valence-corrected chi connectivity index (χ2v) is 11.8. The van der Waals surface area contributed by atoms with Gasteiger partial charge in [-0.3, -0.25) is 4.98 Å². The maximum Gasteiger partial charge on any atom is 0.413 e. The Kier molecular flexibility index (Phi) is 7.06. The van der Waals surface area contributed by atoms with E-state index in [1.54, 1.807) is 19.1 Å². The summed E-state index contributed by atoms with van der Waals surface area (Å²) in [7, 11) is 0. The van der Waals surface area contributed by atoms with Crippen molar-refractivity contribution in [2.45, 2.75) is 58.3 Å². The molecule has 2 N–H and O–H groups in total. The summed E-state index contributed by atoms with van der Waals surface area (Å²) in [5.41, 5.74) is 0.635. The molecular weight excluding hydrogens is 560 g/mol. The molecule has 0 radical (unpaired) electrons. The zero-order valence-electron chi connectivity index (χ0n) is 22.7. The van der Waals surface area contributed by atoms with Crippen molar-refractivity contribution in [2.75, 3.05) is 17.2 Å². The number of nitriles is 1. The van der Waals surface area contributed by atoms with Crippen LogP contribution in [-0.2, 0) is 5.54 Å². The van der Waals surface area contributed by atoms with Crippen LogP contribution in [0.3, 0.4) is 0 Å². The Labute approximate surface area is 238 Å². The first-order chi connectivity index (χ1) is 19.2. The minimum absolute atomic E-state index is 0.0899. The molecule has 0 saturated heterocycles. The van der Waals surface area contributed by atoms with Gasteiger partial charge in [-0.2, -0.15) is 22.8 Å². The molecule has 0 amide bonds. The number of aryl methyl sites for hydroxylation is 1. The van der Waals surface area contributed by atoms with Crippen LogP contribution in [0.4, 0.5) is 28.9 Å². The van der Waals surface area contributed by atoms with Crippen molar-refractivity contribution in [3.63, 3.8) is 0 Å². The van der Waals surface area contributed by atoms with E-state index < -0.39 is 23.7 Å². The van der Waals surface area contributed by atoms with Crippen molar-refractivity contribution in [1.82, 2.24) is 25.0 Å².